The van der Waals surface area contributed by atoms with Crippen LogP contribution in [0.5, 0.6) is 0 Å². The zero-order chi connectivity index (χ0) is 20.8. The van der Waals surface area contributed by atoms with Crippen molar-refractivity contribution in [3.8, 4) is 0 Å². The van der Waals surface area contributed by atoms with Crippen molar-refractivity contribution in [1.82, 2.24) is 30.1 Å². The van der Waals surface area contributed by atoms with Crippen LogP contribution in [0.1, 0.15) is 24.2 Å². The molecule has 158 valence electrons. The Labute approximate surface area is 182 Å². The Balaban J connectivity index is 1.21. The summed E-state index contributed by atoms with van der Waals surface area (Å²) >= 11 is 6.30. The number of halogens is 1. The third kappa shape index (κ3) is 5.09. The minimum Gasteiger partial charge on any atom is -0.356 e. The Bertz CT molecular complexity index is 992. The van der Waals surface area contributed by atoms with Gasteiger partial charge in [0, 0.05) is 31.4 Å². The van der Waals surface area contributed by atoms with Crippen LogP contribution in [0, 0.1) is 5.92 Å². The standard InChI is InChI=1S/C22H28ClN7/c1-24-22(26-15-21-28-27-20-8-4-5-11-30(20)21)25-14-17-9-12-29(13-10-17)16-18-6-2-3-7-19(18)23/h2-8,11,17H,9-10,12-16H2,1H3,(H2,24,25,26). The van der Waals surface area contributed by atoms with Crippen molar-refractivity contribution in [2.45, 2.75) is 25.9 Å². The molecule has 2 aromatic heterocycles. The summed E-state index contributed by atoms with van der Waals surface area (Å²) in [5.41, 5.74) is 2.06. The molecule has 3 heterocycles. The molecule has 1 fully saturated rings. The molecule has 0 atom stereocenters. The van der Waals surface area contributed by atoms with Crippen LogP contribution in [-0.4, -0.2) is 52.1 Å². The van der Waals surface area contributed by atoms with Crippen molar-refractivity contribution in [1.29, 1.82) is 0 Å². The topological polar surface area (TPSA) is 69.8 Å². The molecule has 0 aliphatic carbocycles. The van der Waals surface area contributed by atoms with Gasteiger partial charge in [0.05, 0.1) is 6.54 Å². The van der Waals surface area contributed by atoms with E-state index in [-0.39, 0.29) is 0 Å². The van der Waals surface area contributed by atoms with E-state index in [0.717, 1.165) is 48.6 Å². The maximum Gasteiger partial charge on any atom is 0.191 e. The van der Waals surface area contributed by atoms with Gasteiger partial charge in [0.15, 0.2) is 17.4 Å². The van der Waals surface area contributed by atoms with Crippen LogP contribution in [0.2, 0.25) is 5.02 Å². The average molecular weight is 426 g/mol. The van der Waals surface area contributed by atoms with E-state index < -0.39 is 0 Å². The molecule has 30 heavy (non-hydrogen) atoms. The number of piperidine rings is 1. The van der Waals surface area contributed by atoms with Crippen molar-refractivity contribution in [3.05, 3.63) is 65.1 Å². The number of likely N-dealkylation sites (tertiary alicyclic amines) is 1. The van der Waals surface area contributed by atoms with E-state index in [1.807, 2.05) is 40.9 Å². The smallest absolute Gasteiger partial charge is 0.191 e. The molecule has 8 heteroatoms. The highest BCUT2D eigenvalue weighted by Crippen LogP contribution is 2.21. The second-order valence-electron chi connectivity index (χ2n) is 7.66. The second kappa shape index (κ2) is 9.91. The van der Waals surface area contributed by atoms with Crippen molar-refractivity contribution in [2.24, 2.45) is 10.9 Å². The SMILES string of the molecule is CN=C(NCc1nnc2ccccn12)NCC1CCN(Cc2ccccc2Cl)CC1. The molecule has 1 aromatic carbocycles. The van der Waals surface area contributed by atoms with E-state index in [2.05, 4.69) is 42.9 Å². The van der Waals surface area contributed by atoms with Gasteiger partial charge in [-0.3, -0.25) is 14.3 Å². The lowest BCUT2D eigenvalue weighted by molar-refractivity contribution is 0.178. The quantitative estimate of drug-likeness (QED) is 0.469. The summed E-state index contributed by atoms with van der Waals surface area (Å²) in [6.07, 6.45) is 4.31. The Morgan fingerprint density at radius 3 is 2.70 bits per heavy atom. The van der Waals surface area contributed by atoms with E-state index in [1.165, 1.54) is 18.4 Å². The number of fused-ring (bicyclic) bond motifs is 1. The highest BCUT2D eigenvalue weighted by Gasteiger charge is 2.20. The van der Waals surface area contributed by atoms with Gasteiger partial charge in [0.2, 0.25) is 0 Å². The molecule has 4 rings (SSSR count). The van der Waals surface area contributed by atoms with Crippen LogP contribution in [-0.2, 0) is 13.1 Å². The number of nitrogens with one attached hydrogen (secondary N) is 2. The summed E-state index contributed by atoms with van der Waals surface area (Å²) in [6.45, 7) is 4.60. The molecule has 0 spiro atoms. The first-order valence-electron chi connectivity index (χ1n) is 10.4. The van der Waals surface area contributed by atoms with E-state index in [0.29, 0.717) is 12.5 Å². The lowest BCUT2D eigenvalue weighted by Crippen LogP contribution is -2.42. The van der Waals surface area contributed by atoms with Crippen LogP contribution in [0.3, 0.4) is 0 Å². The molecule has 1 aliphatic heterocycles. The molecule has 2 N–H and O–H groups in total. The van der Waals surface area contributed by atoms with Crippen molar-refractivity contribution >= 4 is 23.2 Å². The predicted molar refractivity (Wildman–Crippen MR) is 121 cm³/mol. The molecule has 0 amide bonds. The number of pyridine rings is 1. The predicted octanol–water partition coefficient (Wildman–Crippen LogP) is 2.96. The summed E-state index contributed by atoms with van der Waals surface area (Å²) in [5, 5.41) is 16.1. The van der Waals surface area contributed by atoms with Gasteiger partial charge in [-0.05, 0) is 55.6 Å². The second-order valence-corrected chi connectivity index (χ2v) is 8.07. The molecule has 1 saturated heterocycles. The maximum atomic E-state index is 6.30. The summed E-state index contributed by atoms with van der Waals surface area (Å²) in [6, 6.07) is 14.0. The van der Waals surface area contributed by atoms with Crippen LogP contribution in [0.15, 0.2) is 53.7 Å². The Morgan fingerprint density at radius 1 is 1.10 bits per heavy atom. The maximum absolute atomic E-state index is 6.30. The van der Waals surface area contributed by atoms with E-state index in [4.69, 9.17) is 11.6 Å². The van der Waals surface area contributed by atoms with Crippen LogP contribution >= 0.6 is 11.6 Å². The molecule has 0 bridgehead atoms. The van der Waals surface area contributed by atoms with Crippen molar-refractivity contribution in [3.63, 3.8) is 0 Å². The Morgan fingerprint density at radius 2 is 1.90 bits per heavy atom. The average Bonchev–Trinajstić information content (AvgIpc) is 3.20. The number of hydrogen-bond donors (Lipinski definition) is 2. The zero-order valence-electron chi connectivity index (χ0n) is 17.3. The molecule has 0 saturated carbocycles. The molecule has 3 aromatic rings. The summed E-state index contributed by atoms with van der Waals surface area (Å²) < 4.78 is 1.98. The largest absolute Gasteiger partial charge is 0.356 e. The van der Waals surface area contributed by atoms with E-state index >= 15 is 0 Å². The highest BCUT2D eigenvalue weighted by atomic mass is 35.5. The normalized spacial score (nSPS) is 16.1. The number of hydrogen-bond acceptors (Lipinski definition) is 4. The monoisotopic (exact) mass is 425 g/mol. The van der Waals surface area contributed by atoms with Gasteiger partial charge in [-0.25, -0.2) is 0 Å². The molecular weight excluding hydrogens is 398 g/mol. The van der Waals surface area contributed by atoms with Gasteiger partial charge in [0.25, 0.3) is 0 Å². The molecule has 0 unspecified atom stereocenters. The van der Waals surface area contributed by atoms with Gasteiger partial charge >= 0.3 is 0 Å². The third-order valence-corrected chi connectivity index (χ3v) is 6.01. The van der Waals surface area contributed by atoms with Crippen LogP contribution in [0.25, 0.3) is 5.65 Å². The molecular formula is C22H28ClN7. The summed E-state index contributed by atoms with van der Waals surface area (Å²) in [4.78, 5) is 6.83. The first kappa shape index (κ1) is 20.6. The minimum absolute atomic E-state index is 0.571. The third-order valence-electron chi connectivity index (χ3n) is 5.64. The lowest BCUT2D eigenvalue weighted by atomic mass is 9.96. The first-order valence-corrected chi connectivity index (χ1v) is 10.8. The number of aromatic nitrogens is 3. The lowest BCUT2D eigenvalue weighted by Gasteiger charge is -2.32. The zero-order valence-corrected chi connectivity index (χ0v) is 18.0. The minimum atomic E-state index is 0.571. The van der Waals surface area contributed by atoms with E-state index in [9.17, 15) is 0 Å². The number of benzene rings is 1. The van der Waals surface area contributed by atoms with Gasteiger partial charge in [-0.15, -0.1) is 10.2 Å². The molecule has 0 radical (unpaired) electrons. The van der Waals surface area contributed by atoms with Gasteiger partial charge in [-0.2, -0.15) is 0 Å². The van der Waals surface area contributed by atoms with Gasteiger partial charge < -0.3 is 10.6 Å². The number of guanidine groups is 1. The fraction of sp³-hybridized carbons (Fsp3) is 0.409. The number of rotatable bonds is 6. The fourth-order valence-electron chi connectivity index (χ4n) is 3.85. The summed E-state index contributed by atoms with van der Waals surface area (Å²) in [5.74, 6) is 2.29. The van der Waals surface area contributed by atoms with Crippen molar-refractivity contribution < 1.29 is 0 Å². The highest BCUT2D eigenvalue weighted by molar-refractivity contribution is 6.31. The number of nitrogens with zero attached hydrogens (tertiary/aromatic N) is 5. The molecule has 1 aliphatic rings. The van der Waals surface area contributed by atoms with Crippen molar-refractivity contribution in [2.75, 3.05) is 26.7 Å². The number of aliphatic imine (C=N–C) groups is 1. The van der Waals surface area contributed by atoms with Gasteiger partial charge in [-0.1, -0.05) is 35.9 Å². The Hall–Kier alpha value is -2.64. The van der Waals surface area contributed by atoms with Crippen LogP contribution < -0.4 is 10.6 Å². The summed E-state index contributed by atoms with van der Waals surface area (Å²) in [7, 11) is 1.80. The Kier molecular flexibility index (Phi) is 6.81. The van der Waals surface area contributed by atoms with E-state index in [1.54, 1.807) is 7.05 Å². The van der Waals surface area contributed by atoms with Crippen LogP contribution in [0.4, 0.5) is 0 Å². The first-order chi connectivity index (χ1) is 14.7. The fourth-order valence-corrected chi connectivity index (χ4v) is 4.05. The van der Waals surface area contributed by atoms with Gasteiger partial charge in [0.1, 0.15) is 0 Å². The molecule has 7 nitrogen and oxygen atoms in total.